The number of hydrogen-bond acceptors (Lipinski definition) is 2. The molecule has 0 atom stereocenters. The molecule has 0 fully saturated rings. The summed E-state index contributed by atoms with van der Waals surface area (Å²) in [5, 5.41) is 0. The summed E-state index contributed by atoms with van der Waals surface area (Å²) in [6.45, 7) is -0.201. The largest absolute Gasteiger partial charge is 0.486 e. The minimum absolute atomic E-state index is 0.0198. The SMILES string of the molecule is Fc1ccc(COc2ccc(-c3nc4ccccc4[nH]3)cc2F)c(F)c1. The lowest BCUT2D eigenvalue weighted by Crippen LogP contribution is -2.00. The van der Waals surface area contributed by atoms with E-state index in [0.717, 1.165) is 23.2 Å². The second kappa shape index (κ2) is 6.55. The normalized spacial score (nSPS) is 11.0. The molecule has 0 amide bonds. The van der Waals surface area contributed by atoms with Crippen molar-refractivity contribution in [1.29, 1.82) is 0 Å². The van der Waals surface area contributed by atoms with E-state index in [1.54, 1.807) is 6.07 Å². The fourth-order valence-electron chi connectivity index (χ4n) is 2.65. The molecule has 3 nitrogen and oxygen atoms in total. The molecule has 0 spiro atoms. The van der Waals surface area contributed by atoms with Gasteiger partial charge in [-0.25, -0.2) is 18.2 Å². The van der Waals surface area contributed by atoms with Crippen LogP contribution >= 0.6 is 0 Å². The van der Waals surface area contributed by atoms with Crippen LogP contribution in [-0.4, -0.2) is 9.97 Å². The van der Waals surface area contributed by atoms with Crippen LogP contribution in [0.15, 0.2) is 60.7 Å². The van der Waals surface area contributed by atoms with Crippen LogP contribution in [0.4, 0.5) is 13.2 Å². The summed E-state index contributed by atoms with van der Waals surface area (Å²) in [6, 6.07) is 15.1. The van der Waals surface area contributed by atoms with E-state index in [0.29, 0.717) is 11.4 Å². The van der Waals surface area contributed by atoms with Crippen molar-refractivity contribution < 1.29 is 17.9 Å². The summed E-state index contributed by atoms with van der Waals surface area (Å²) >= 11 is 0. The Morgan fingerprint density at radius 1 is 0.885 bits per heavy atom. The third-order valence-electron chi connectivity index (χ3n) is 3.99. The van der Waals surface area contributed by atoms with Crippen LogP contribution in [0, 0.1) is 17.5 Å². The number of aromatic amines is 1. The molecule has 0 aliphatic carbocycles. The summed E-state index contributed by atoms with van der Waals surface area (Å²) in [7, 11) is 0. The van der Waals surface area contributed by atoms with Gasteiger partial charge in [0.1, 0.15) is 24.1 Å². The first kappa shape index (κ1) is 16.2. The van der Waals surface area contributed by atoms with Gasteiger partial charge in [0.25, 0.3) is 0 Å². The minimum atomic E-state index is -0.732. The van der Waals surface area contributed by atoms with Gasteiger partial charge in [-0.3, -0.25) is 0 Å². The standard InChI is InChI=1S/C20H13F3N2O/c21-14-7-5-13(15(22)10-14)11-26-19-8-6-12(9-16(19)23)20-24-17-3-1-2-4-18(17)25-20/h1-10H,11H2,(H,24,25). The van der Waals surface area contributed by atoms with Crippen molar-refractivity contribution in [2.45, 2.75) is 6.61 Å². The molecule has 0 saturated carbocycles. The van der Waals surface area contributed by atoms with Crippen molar-refractivity contribution in [3.05, 3.63) is 83.7 Å². The maximum atomic E-state index is 14.3. The van der Waals surface area contributed by atoms with Crippen LogP contribution in [0.3, 0.4) is 0 Å². The summed E-state index contributed by atoms with van der Waals surface area (Å²) in [6.07, 6.45) is 0. The Balaban J connectivity index is 1.55. The highest BCUT2D eigenvalue weighted by Crippen LogP contribution is 2.26. The summed E-state index contributed by atoms with van der Waals surface area (Å²) in [5.74, 6) is -1.47. The van der Waals surface area contributed by atoms with Gasteiger partial charge in [0.2, 0.25) is 0 Å². The number of fused-ring (bicyclic) bond motifs is 1. The smallest absolute Gasteiger partial charge is 0.165 e. The number of hydrogen-bond donors (Lipinski definition) is 1. The zero-order chi connectivity index (χ0) is 18.1. The van der Waals surface area contributed by atoms with E-state index >= 15 is 0 Å². The molecule has 1 heterocycles. The average molecular weight is 354 g/mol. The van der Waals surface area contributed by atoms with Crippen LogP contribution < -0.4 is 4.74 Å². The van der Waals surface area contributed by atoms with Crippen molar-refractivity contribution in [2.24, 2.45) is 0 Å². The molecule has 0 aliphatic rings. The monoisotopic (exact) mass is 354 g/mol. The highest BCUT2D eigenvalue weighted by molar-refractivity contribution is 5.79. The first-order valence-electron chi connectivity index (χ1n) is 7.91. The topological polar surface area (TPSA) is 37.9 Å². The summed E-state index contributed by atoms with van der Waals surface area (Å²) < 4.78 is 46.2. The predicted molar refractivity (Wildman–Crippen MR) is 92.2 cm³/mol. The van der Waals surface area contributed by atoms with Crippen LogP contribution in [0.2, 0.25) is 0 Å². The Labute approximate surface area is 147 Å². The summed E-state index contributed by atoms with van der Waals surface area (Å²) in [4.78, 5) is 7.54. The number of halogens is 3. The second-order valence-corrected chi connectivity index (χ2v) is 5.77. The van der Waals surface area contributed by atoms with Crippen LogP contribution in [0.1, 0.15) is 5.56 Å². The van der Waals surface area contributed by atoms with Gasteiger partial charge < -0.3 is 9.72 Å². The molecule has 0 radical (unpaired) electrons. The van der Waals surface area contributed by atoms with E-state index in [4.69, 9.17) is 4.74 Å². The quantitative estimate of drug-likeness (QED) is 0.545. The van der Waals surface area contributed by atoms with Crippen LogP contribution in [-0.2, 0) is 6.61 Å². The zero-order valence-corrected chi connectivity index (χ0v) is 13.5. The number of benzene rings is 3. The van der Waals surface area contributed by atoms with E-state index in [-0.39, 0.29) is 17.9 Å². The summed E-state index contributed by atoms with van der Waals surface area (Å²) in [5.41, 5.74) is 2.36. The van der Waals surface area contributed by atoms with E-state index < -0.39 is 17.5 Å². The van der Waals surface area contributed by atoms with E-state index in [9.17, 15) is 13.2 Å². The first-order chi connectivity index (χ1) is 12.6. The lowest BCUT2D eigenvalue weighted by molar-refractivity contribution is 0.284. The van der Waals surface area contributed by atoms with Crippen molar-refractivity contribution >= 4 is 11.0 Å². The van der Waals surface area contributed by atoms with Gasteiger partial charge in [0, 0.05) is 17.2 Å². The minimum Gasteiger partial charge on any atom is -0.486 e. The molecule has 6 heteroatoms. The second-order valence-electron chi connectivity index (χ2n) is 5.77. The number of H-pyrrole nitrogens is 1. The molecule has 0 bridgehead atoms. The molecular weight excluding hydrogens is 341 g/mol. The Kier molecular flexibility index (Phi) is 4.08. The van der Waals surface area contributed by atoms with E-state index in [1.807, 2.05) is 24.3 Å². The third-order valence-corrected chi connectivity index (χ3v) is 3.99. The van der Waals surface area contributed by atoms with Gasteiger partial charge in [-0.2, -0.15) is 0 Å². The van der Waals surface area contributed by atoms with Crippen LogP contribution in [0.5, 0.6) is 5.75 Å². The molecule has 1 aromatic heterocycles. The molecule has 1 N–H and O–H groups in total. The molecule has 4 aromatic rings. The number of para-hydroxylation sites is 2. The Hall–Kier alpha value is -3.28. The molecule has 4 rings (SSSR count). The zero-order valence-electron chi connectivity index (χ0n) is 13.5. The van der Waals surface area contributed by atoms with Crippen molar-refractivity contribution in [3.8, 4) is 17.1 Å². The molecule has 3 aromatic carbocycles. The van der Waals surface area contributed by atoms with Gasteiger partial charge in [-0.05, 0) is 42.5 Å². The Morgan fingerprint density at radius 3 is 2.50 bits per heavy atom. The number of rotatable bonds is 4. The molecular formula is C20H13F3N2O. The number of ether oxygens (including phenoxy) is 1. The van der Waals surface area contributed by atoms with Gasteiger partial charge >= 0.3 is 0 Å². The average Bonchev–Trinajstić information content (AvgIpc) is 3.06. The molecule has 0 aliphatic heterocycles. The molecule has 130 valence electrons. The Morgan fingerprint density at radius 2 is 1.73 bits per heavy atom. The van der Waals surface area contributed by atoms with E-state index in [2.05, 4.69) is 9.97 Å². The fourth-order valence-corrected chi connectivity index (χ4v) is 2.65. The third kappa shape index (κ3) is 3.13. The highest BCUT2D eigenvalue weighted by Gasteiger charge is 2.11. The maximum absolute atomic E-state index is 14.3. The van der Waals surface area contributed by atoms with Crippen molar-refractivity contribution in [2.75, 3.05) is 0 Å². The van der Waals surface area contributed by atoms with Gasteiger partial charge in [-0.15, -0.1) is 0 Å². The number of imidazole rings is 1. The first-order valence-corrected chi connectivity index (χ1v) is 7.91. The number of nitrogens with one attached hydrogen (secondary N) is 1. The number of nitrogens with zero attached hydrogens (tertiary/aromatic N) is 1. The molecule has 26 heavy (non-hydrogen) atoms. The highest BCUT2D eigenvalue weighted by atomic mass is 19.1. The van der Waals surface area contributed by atoms with Crippen molar-refractivity contribution in [1.82, 2.24) is 9.97 Å². The van der Waals surface area contributed by atoms with Gasteiger partial charge in [0.15, 0.2) is 11.6 Å². The Bertz CT molecular complexity index is 1060. The van der Waals surface area contributed by atoms with Crippen LogP contribution in [0.25, 0.3) is 22.4 Å². The molecule has 0 saturated heterocycles. The molecule has 0 unspecified atom stereocenters. The lowest BCUT2D eigenvalue weighted by Gasteiger charge is -2.09. The predicted octanol–water partition coefficient (Wildman–Crippen LogP) is 5.23. The number of aromatic nitrogens is 2. The lowest BCUT2D eigenvalue weighted by atomic mass is 10.2. The fraction of sp³-hybridized carbons (Fsp3) is 0.0500. The van der Waals surface area contributed by atoms with Gasteiger partial charge in [0.05, 0.1) is 11.0 Å². The van der Waals surface area contributed by atoms with Gasteiger partial charge in [-0.1, -0.05) is 12.1 Å². The van der Waals surface area contributed by atoms with E-state index in [1.165, 1.54) is 18.2 Å². The van der Waals surface area contributed by atoms with Crippen molar-refractivity contribution in [3.63, 3.8) is 0 Å². The maximum Gasteiger partial charge on any atom is 0.165 e.